The predicted molar refractivity (Wildman–Crippen MR) is 143 cm³/mol. The normalized spacial score (nSPS) is 30.0. The summed E-state index contributed by atoms with van der Waals surface area (Å²) >= 11 is 3.65. The number of ether oxygens (including phenoxy) is 1. The van der Waals surface area contributed by atoms with Crippen molar-refractivity contribution in [2.45, 2.75) is 48.1 Å². The van der Waals surface area contributed by atoms with Gasteiger partial charge in [0.25, 0.3) is 0 Å². The number of para-hydroxylation sites is 1. The van der Waals surface area contributed by atoms with E-state index in [1.807, 2.05) is 54.6 Å². The lowest BCUT2D eigenvalue weighted by Gasteiger charge is -2.37. The third-order valence-corrected chi connectivity index (χ3v) is 9.11. The molecule has 3 unspecified atom stereocenters. The number of hydrogen-bond donors (Lipinski definition) is 3. The number of nitrogens with one attached hydrogen (secondary N) is 2. The number of nitrogens with zero attached hydrogens (tertiary/aromatic N) is 4. The number of likely N-dealkylation sites (tertiary alicyclic amines) is 1. The molecule has 3 saturated heterocycles. The third kappa shape index (κ3) is 4.04. The summed E-state index contributed by atoms with van der Waals surface area (Å²) in [7, 11) is 1.53. The summed E-state index contributed by atoms with van der Waals surface area (Å²) in [4.78, 5) is 42.4. The maximum atomic E-state index is 14.2. The monoisotopic (exact) mass is 596 g/mol. The molecule has 2 aromatic carbocycles. The minimum Gasteiger partial charge on any atom is -0.394 e. The van der Waals surface area contributed by atoms with Crippen molar-refractivity contribution in [3.8, 4) is 0 Å². The second-order valence-corrected chi connectivity index (χ2v) is 11.5. The second-order valence-electron chi connectivity index (χ2n) is 10.3. The van der Waals surface area contributed by atoms with Crippen molar-refractivity contribution in [2.24, 2.45) is 11.8 Å². The van der Waals surface area contributed by atoms with E-state index >= 15 is 0 Å². The predicted octanol–water partition coefficient (Wildman–Crippen LogP) is 0.603. The van der Waals surface area contributed by atoms with Crippen molar-refractivity contribution in [1.82, 2.24) is 30.5 Å². The van der Waals surface area contributed by atoms with Crippen molar-refractivity contribution in [1.29, 1.82) is 0 Å². The molecule has 3 aliphatic rings. The van der Waals surface area contributed by atoms with E-state index in [0.717, 1.165) is 11.1 Å². The van der Waals surface area contributed by atoms with E-state index in [1.54, 1.807) is 4.68 Å². The standard InChI is InChI=1S/C27H29BrN6O5/c1-29-24(36)20-21-26(38)34(16(13-35)11-15-7-3-2-4-8-15)23(27(21)12-17(28)22(20)39-27)25(37)30-14-33-19-10-6-5-9-18(19)31-32-33/h2-10,16-17,20-23,35H,11-14H2,1H3,(H,29,36)(H,30,37)/t16-,17?,20-,21+,22-,23?,27?/m1/s1. The molecule has 3 fully saturated rings. The van der Waals surface area contributed by atoms with Crippen molar-refractivity contribution in [3.05, 3.63) is 60.2 Å². The minimum atomic E-state index is -1.22. The van der Waals surface area contributed by atoms with Crippen LogP contribution in [0.15, 0.2) is 54.6 Å². The summed E-state index contributed by atoms with van der Waals surface area (Å²) in [5, 5.41) is 24.4. The number of benzene rings is 2. The summed E-state index contributed by atoms with van der Waals surface area (Å²) in [6, 6.07) is 15.2. The zero-order chi connectivity index (χ0) is 27.3. The lowest BCUT2D eigenvalue weighted by molar-refractivity contribution is -0.145. The summed E-state index contributed by atoms with van der Waals surface area (Å²) in [6.07, 6.45) is 0.179. The average Bonchev–Trinajstić information content (AvgIpc) is 3.67. The molecule has 39 heavy (non-hydrogen) atoms. The SMILES string of the molecule is CNC(=O)[C@H]1[C@@H]2OC3(CC2Br)C(C(=O)NCn2nnc4ccccc42)N([C@@H](CO)Cc2ccccc2)C(=O)[C@H]13. The highest BCUT2D eigenvalue weighted by molar-refractivity contribution is 9.09. The van der Waals surface area contributed by atoms with Gasteiger partial charge in [0.15, 0.2) is 0 Å². The van der Waals surface area contributed by atoms with E-state index in [2.05, 4.69) is 36.9 Å². The van der Waals surface area contributed by atoms with Crippen LogP contribution in [0.4, 0.5) is 0 Å². The number of aliphatic hydroxyl groups excluding tert-OH is 1. The smallest absolute Gasteiger partial charge is 0.247 e. The van der Waals surface area contributed by atoms with Crippen LogP contribution in [0, 0.1) is 11.8 Å². The first kappa shape index (κ1) is 25.9. The molecule has 3 aliphatic heterocycles. The highest BCUT2D eigenvalue weighted by atomic mass is 79.9. The van der Waals surface area contributed by atoms with Crippen LogP contribution in [0.1, 0.15) is 12.0 Å². The summed E-state index contributed by atoms with van der Waals surface area (Å²) in [5.74, 6) is -2.69. The van der Waals surface area contributed by atoms with Gasteiger partial charge in [-0.1, -0.05) is 63.6 Å². The maximum Gasteiger partial charge on any atom is 0.247 e. The number of aromatic nitrogens is 3. The van der Waals surface area contributed by atoms with Crippen LogP contribution < -0.4 is 10.6 Å². The highest BCUT2D eigenvalue weighted by Crippen LogP contribution is 2.60. The maximum absolute atomic E-state index is 14.2. The molecule has 204 valence electrons. The Morgan fingerprint density at radius 2 is 1.92 bits per heavy atom. The van der Waals surface area contributed by atoms with Crippen LogP contribution in [-0.4, -0.2) is 85.0 Å². The molecule has 12 heteroatoms. The van der Waals surface area contributed by atoms with Crippen LogP contribution >= 0.6 is 15.9 Å². The number of amides is 3. The Morgan fingerprint density at radius 3 is 2.67 bits per heavy atom. The fourth-order valence-electron chi connectivity index (χ4n) is 6.65. The highest BCUT2D eigenvalue weighted by Gasteiger charge is 2.76. The Balaban J connectivity index is 1.36. The number of fused-ring (bicyclic) bond motifs is 2. The number of halogens is 1. The van der Waals surface area contributed by atoms with Gasteiger partial charge in [0.1, 0.15) is 23.8 Å². The van der Waals surface area contributed by atoms with Crippen molar-refractivity contribution in [2.75, 3.05) is 13.7 Å². The lowest BCUT2D eigenvalue weighted by Crippen LogP contribution is -2.58. The fourth-order valence-corrected chi connectivity index (χ4v) is 7.59. The van der Waals surface area contributed by atoms with E-state index in [0.29, 0.717) is 18.4 Å². The number of carbonyl (C=O) groups is 3. The third-order valence-electron chi connectivity index (χ3n) is 8.27. The topological polar surface area (TPSA) is 139 Å². The Kier molecular flexibility index (Phi) is 6.64. The molecule has 0 saturated carbocycles. The van der Waals surface area contributed by atoms with Crippen LogP contribution in [0.3, 0.4) is 0 Å². The molecular formula is C27H29BrN6O5. The first-order valence-electron chi connectivity index (χ1n) is 13.0. The molecule has 2 bridgehead atoms. The van der Waals surface area contributed by atoms with E-state index in [-0.39, 0.29) is 29.9 Å². The largest absolute Gasteiger partial charge is 0.394 e. The number of carbonyl (C=O) groups excluding carboxylic acids is 3. The summed E-state index contributed by atoms with van der Waals surface area (Å²) in [5.41, 5.74) is 1.15. The first-order valence-corrected chi connectivity index (χ1v) is 13.9. The van der Waals surface area contributed by atoms with E-state index < -0.39 is 41.5 Å². The van der Waals surface area contributed by atoms with E-state index in [1.165, 1.54) is 11.9 Å². The number of aliphatic hydroxyl groups is 1. The summed E-state index contributed by atoms with van der Waals surface area (Å²) in [6.45, 7) is -0.326. The van der Waals surface area contributed by atoms with Crippen LogP contribution in [-0.2, 0) is 32.2 Å². The van der Waals surface area contributed by atoms with Crippen LogP contribution in [0.5, 0.6) is 0 Å². The molecular weight excluding hydrogens is 568 g/mol. The van der Waals surface area contributed by atoms with Gasteiger partial charge in [-0.2, -0.15) is 0 Å². The van der Waals surface area contributed by atoms with E-state index in [9.17, 15) is 19.5 Å². The zero-order valence-corrected chi connectivity index (χ0v) is 22.8. The lowest BCUT2D eigenvalue weighted by atomic mass is 9.70. The fraction of sp³-hybridized carbons (Fsp3) is 0.444. The summed E-state index contributed by atoms with van der Waals surface area (Å²) < 4.78 is 8.04. The van der Waals surface area contributed by atoms with Gasteiger partial charge >= 0.3 is 0 Å². The van der Waals surface area contributed by atoms with Gasteiger partial charge in [-0.15, -0.1) is 5.10 Å². The van der Waals surface area contributed by atoms with Gasteiger partial charge in [-0.3, -0.25) is 14.4 Å². The van der Waals surface area contributed by atoms with Gasteiger partial charge in [-0.25, -0.2) is 4.68 Å². The van der Waals surface area contributed by atoms with Gasteiger partial charge < -0.3 is 25.4 Å². The molecule has 3 amide bonds. The molecule has 6 rings (SSSR count). The number of rotatable bonds is 8. The van der Waals surface area contributed by atoms with Crippen molar-refractivity contribution >= 4 is 44.7 Å². The van der Waals surface area contributed by atoms with Gasteiger partial charge in [-0.05, 0) is 30.5 Å². The van der Waals surface area contributed by atoms with Crippen LogP contribution in [0.25, 0.3) is 11.0 Å². The molecule has 4 heterocycles. The number of hydrogen-bond acceptors (Lipinski definition) is 7. The Morgan fingerprint density at radius 1 is 1.18 bits per heavy atom. The average molecular weight is 597 g/mol. The molecule has 3 aromatic rings. The number of alkyl halides is 1. The molecule has 1 aromatic heterocycles. The second kappa shape index (κ2) is 10.00. The van der Waals surface area contributed by atoms with Crippen molar-refractivity contribution in [3.63, 3.8) is 0 Å². The first-order chi connectivity index (χ1) is 18.9. The van der Waals surface area contributed by atoms with Crippen molar-refractivity contribution < 1.29 is 24.2 Å². The minimum absolute atomic E-state index is 0.0289. The molecule has 3 N–H and O–H groups in total. The van der Waals surface area contributed by atoms with Crippen LogP contribution in [0.2, 0.25) is 0 Å². The molecule has 7 atom stereocenters. The Labute approximate surface area is 233 Å². The Hall–Kier alpha value is -3.35. The Bertz CT molecular complexity index is 1420. The van der Waals surface area contributed by atoms with Gasteiger partial charge in [0, 0.05) is 11.9 Å². The molecule has 0 radical (unpaired) electrons. The molecule has 1 spiro atoms. The molecule has 0 aliphatic carbocycles. The molecule has 11 nitrogen and oxygen atoms in total. The van der Waals surface area contributed by atoms with E-state index in [4.69, 9.17) is 4.74 Å². The zero-order valence-electron chi connectivity index (χ0n) is 21.2. The van der Waals surface area contributed by atoms with Gasteiger partial charge in [0.2, 0.25) is 17.7 Å². The van der Waals surface area contributed by atoms with Gasteiger partial charge in [0.05, 0.1) is 36.1 Å². The quantitative estimate of drug-likeness (QED) is 0.324.